The first-order valence-corrected chi connectivity index (χ1v) is 6.02. The molecule has 0 spiro atoms. The van der Waals surface area contributed by atoms with Gasteiger partial charge in [-0.2, -0.15) is 0 Å². The molecule has 0 saturated heterocycles. The summed E-state index contributed by atoms with van der Waals surface area (Å²) in [4.78, 5) is 22.6. The van der Waals surface area contributed by atoms with Crippen LogP contribution in [0.15, 0.2) is 0 Å². The molecule has 1 amide bonds. The smallest absolute Gasteiger partial charge is 0.350 e. The zero-order chi connectivity index (χ0) is 12.7. The molecule has 0 aliphatic rings. The van der Waals surface area contributed by atoms with Gasteiger partial charge in [0.05, 0.1) is 22.2 Å². The normalized spacial score (nSPS) is 10.6. The van der Waals surface area contributed by atoms with Crippen molar-refractivity contribution in [1.29, 1.82) is 0 Å². The molecule has 8 heteroatoms. The molecule has 5 N–H and O–H groups in total. The van der Waals surface area contributed by atoms with E-state index in [1.165, 1.54) is 7.11 Å². The second-order valence-corrected chi connectivity index (χ2v) is 5.44. The number of fused-ring (bicyclic) bond motifs is 1. The molecule has 0 aromatic carbocycles. The highest BCUT2D eigenvalue weighted by atomic mass is 32.2. The number of thiophene rings is 2. The number of primary amides is 1. The Kier molecular flexibility index (Phi) is 2.68. The van der Waals surface area contributed by atoms with Crippen LogP contribution in [0.2, 0.25) is 0 Å². The Labute approximate surface area is 103 Å². The molecule has 2 aromatic rings. The summed E-state index contributed by atoms with van der Waals surface area (Å²) in [5.74, 6) is -1.58. The zero-order valence-electron chi connectivity index (χ0n) is 8.64. The standard InChI is InChI=1S/C9H8N2O4S2/c1-15-8(14)5-3(10)2-4(12)6(7(11)13)17-9(2)16-5/h12H,10H2,1H3,(H2,11,13). The average molecular weight is 272 g/mol. The SMILES string of the molecule is COC(=O)c1sc2sc(C(N)=O)c(O)c2c1N. The number of nitrogen functional groups attached to an aromatic ring is 1. The Morgan fingerprint density at radius 2 is 1.88 bits per heavy atom. The van der Waals surface area contributed by atoms with Gasteiger partial charge >= 0.3 is 5.97 Å². The van der Waals surface area contributed by atoms with Gasteiger partial charge in [0, 0.05) is 0 Å². The van der Waals surface area contributed by atoms with Crippen LogP contribution in [0.3, 0.4) is 0 Å². The number of nitrogens with two attached hydrogens (primary N) is 2. The molecule has 6 nitrogen and oxygen atoms in total. The van der Waals surface area contributed by atoms with Crippen molar-refractivity contribution < 1.29 is 19.4 Å². The van der Waals surface area contributed by atoms with Gasteiger partial charge in [0.15, 0.2) is 0 Å². The predicted molar refractivity (Wildman–Crippen MR) is 65.6 cm³/mol. The van der Waals surface area contributed by atoms with Gasteiger partial charge in [-0.15, -0.1) is 22.7 Å². The lowest BCUT2D eigenvalue weighted by atomic mass is 10.2. The number of esters is 1. The lowest BCUT2D eigenvalue weighted by molar-refractivity contribution is 0.0607. The van der Waals surface area contributed by atoms with Gasteiger partial charge in [-0.25, -0.2) is 4.79 Å². The molecule has 2 heterocycles. The van der Waals surface area contributed by atoms with E-state index in [1.807, 2.05) is 0 Å². The fourth-order valence-electron chi connectivity index (χ4n) is 1.38. The van der Waals surface area contributed by atoms with Crippen LogP contribution in [-0.2, 0) is 4.74 Å². The summed E-state index contributed by atoms with van der Waals surface area (Å²) in [6, 6.07) is 0. The first-order valence-electron chi connectivity index (χ1n) is 4.39. The summed E-state index contributed by atoms with van der Waals surface area (Å²) in [6.45, 7) is 0. The molecule has 2 aromatic heterocycles. The average Bonchev–Trinajstić information content (AvgIpc) is 2.77. The van der Waals surface area contributed by atoms with E-state index >= 15 is 0 Å². The first kappa shape index (κ1) is 11.7. The van der Waals surface area contributed by atoms with Gasteiger partial charge in [-0.3, -0.25) is 4.79 Å². The number of methoxy groups -OCH3 is 1. The molecule has 0 bridgehead atoms. The fraction of sp³-hybridized carbons (Fsp3) is 0.111. The largest absolute Gasteiger partial charge is 0.505 e. The van der Waals surface area contributed by atoms with Crippen LogP contribution in [0, 0.1) is 0 Å². The summed E-state index contributed by atoms with van der Waals surface area (Å²) in [6.07, 6.45) is 0. The molecular formula is C9H8N2O4S2. The van der Waals surface area contributed by atoms with Crippen molar-refractivity contribution in [3.8, 4) is 5.75 Å². The van der Waals surface area contributed by atoms with Crippen LogP contribution in [0.1, 0.15) is 19.3 Å². The predicted octanol–water partition coefficient (Wildman–Crippen LogP) is 1.14. The molecule has 0 saturated carbocycles. The van der Waals surface area contributed by atoms with E-state index in [-0.39, 0.29) is 26.6 Å². The maximum atomic E-state index is 11.4. The number of amides is 1. The number of carbonyl (C=O) groups excluding carboxylic acids is 2. The summed E-state index contributed by atoms with van der Waals surface area (Å²) in [5, 5.41) is 10.1. The second kappa shape index (κ2) is 3.90. The molecule has 0 aliphatic heterocycles. The van der Waals surface area contributed by atoms with Crippen LogP contribution in [-0.4, -0.2) is 24.1 Å². The van der Waals surface area contributed by atoms with Crippen molar-refractivity contribution in [2.45, 2.75) is 0 Å². The minimum Gasteiger partial charge on any atom is -0.505 e. The fourth-order valence-corrected chi connectivity index (χ4v) is 3.72. The van der Waals surface area contributed by atoms with Crippen molar-refractivity contribution >= 4 is 49.6 Å². The van der Waals surface area contributed by atoms with E-state index in [9.17, 15) is 14.7 Å². The number of carbonyl (C=O) groups is 2. The summed E-state index contributed by atoms with van der Waals surface area (Å²) in [5.41, 5.74) is 10.9. The van der Waals surface area contributed by atoms with Crippen LogP contribution < -0.4 is 11.5 Å². The quantitative estimate of drug-likeness (QED) is 0.709. The Hall–Kier alpha value is -1.80. The Morgan fingerprint density at radius 1 is 1.29 bits per heavy atom. The lowest BCUT2D eigenvalue weighted by Crippen LogP contribution is -2.08. The van der Waals surface area contributed by atoms with E-state index in [1.54, 1.807) is 0 Å². The van der Waals surface area contributed by atoms with Gasteiger partial charge in [-0.05, 0) is 0 Å². The lowest BCUT2D eigenvalue weighted by Gasteiger charge is -1.97. The molecule has 0 fully saturated rings. The number of aromatic hydroxyl groups is 1. The van der Waals surface area contributed by atoms with Gasteiger partial charge < -0.3 is 21.3 Å². The van der Waals surface area contributed by atoms with Crippen LogP contribution in [0.5, 0.6) is 5.75 Å². The number of rotatable bonds is 2. The second-order valence-electron chi connectivity index (χ2n) is 3.14. The van der Waals surface area contributed by atoms with E-state index in [4.69, 9.17) is 11.5 Å². The molecular weight excluding hydrogens is 264 g/mol. The minimum atomic E-state index is -0.727. The van der Waals surface area contributed by atoms with Crippen LogP contribution in [0.4, 0.5) is 5.69 Å². The number of ether oxygens (including phenoxy) is 1. The van der Waals surface area contributed by atoms with Crippen molar-refractivity contribution in [3.63, 3.8) is 0 Å². The highest BCUT2D eigenvalue weighted by molar-refractivity contribution is 7.40. The van der Waals surface area contributed by atoms with Crippen LogP contribution in [0.25, 0.3) is 9.40 Å². The Morgan fingerprint density at radius 3 is 2.35 bits per heavy atom. The third-order valence-electron chi connectivity index (χ3n) is 2.15. The third-order valence-corrected chi connectivity index (χ3v) is 4.62. The number of hydrogen-bond donors (Lipinski definition) is 3. The van der Waals surface area contributed by atoms with Crippen LogP contribution >= 0.6 is 22.7 Å². The Bertz CT molecular complexity index is 628. The summed E-state index contributed by atoms with van der Waals surface area (Å²) < 4.78 is 5.12. The van der Waals surface area contributed by atoms with Gasteiger partial charge in [-0.1, -0.05) is 0 Å². The minimum absolute atomic E-state index is 0.0364. The molecule has 0 unspecified atom stereocenters. The van der Waals surface area contributed by atoms with E-state index in [2.05, 4.69) is 4.74 Å². The van der Waals surface area contributed by atoms with E-state index < -0.39 is 11.9 Å². The monoisotopic (exact) mass is 272 g/mol. The van der Waals surface area contributed by atoms with Crippen molar-refractivity contribution in [2.75, 3.05) is 12.8 Å². The molecule has 0 atom stereocenters. The number of anilines is 1. The summed E-state index contributed by atoms with van der Waals surface area (Å²) in [7, 11) is 1.24. The van der Waals surface area contributed by atoms with Gasteiger partial charge in [0.1, 0.15) is 15.5 Å². The molecule has 17 heavy (non-hydrogen) atoms. The molecule has 90 valence electrons. The Balaban J connectivity index is 2.71. The highest BCUT2D eigenvalue weighted by Crippen LogP contribution is 2.46. The maximum Gasteiger partial charge on any atom is 0.350 e. The molecule has 0 radical (unpaired) electrons. The van der Waals surface area contributed by atoms with E-state index in [0.29, 0.717) is 4.01 Å². The zero-order valence-corrected chi connectivity index (χ0v) is 10.3. The third kappa shape index (κ3) is 1.61. The molecule has 0 aliphatic carbocycles. The maximum absolute atomic E-state index is 11.4. The van der Waals surface area contributed by atoms with Crippen molar-refractivity contribution in [2.24, 2.45) is 5.73 Å². The highest BCUT2D eigenvalue weighted by Gasteiger charge is 2.25. The molecule has 2 rings (SSSR count). The van der Waals surface area contributed by atoms with Gasteiger partial charge in [0.25, 0.3) is 5.91 Å². The van der Waals surface area contributed by atoms with Gasteiger partial charge in [0.2, 0.25) is 0 Å². The first-order chi connectivity index (χ1) is 7.97. The number of hydrogen-bond acceptors (Lipinski definition) is 7. The van der Waals surface area contributed by atoms with Crippen molar-refractivity contribution in [3.05, 3.63) is 9.75 Å². The van der Waals surface area contributed by atoms with Crippen molar-refractivity contribution in [1.82, 2.24) is 0 Å². The summed E-state index contributed by atoms with van der Waals surface area (Å²) >= 11 is 2.06. The van der Waals surface area contributed by atoms with E-state index in [0.717, 1.165) is 22.7 Å². The topological polar surface area (TPSA) is 116 Å².